The third kappa shape index (κ3) is 5.00. The number of halogens is 2. The van der Waals surface area contributed by atoms with E-state index in [1.165, 1.54) is 0 Å². The first-order chi connectivity index (χ1) is 13.8. The summed E-state index contributed by atoms with van der Waals surface area (Å²) in [6.45, 7) is 14.7. The fourth-order valence-corrected chi connectivity index (χ4v) is 5.95. The molecule has 2 unspecified atom stereocenters. The van der Waals surface area contributed by atoms with Crippen molar-refractivity contribution in [3.05, 3.63) is 48.0 Å². The van der Waals surface area contributed by atoms with Crippen LogP contribution in [0.1, 0.15) is 72.0 Å². The van der Waals surface area contributed by atoms with Crippen LogP contribution in [0.4, 0.5) is 4.39 Å². The van der Waals surface area contributed by atoms with Crippen molar-refractivity contribution in [3.8, 4) is 0 Å². The van der Waals surface area contributed by atoms with E-state index in [9.17, 15) is 5.11 Å². The molecule has 0 amide bonds. The number of hydrogen-bond donors (Lipinski definition) is 1. The molecule has 0 aliphatic heterocycles. The minimum absolute atomic E-state index is 0.0907. The average Bonchev–Trinajstić information content (AvgIpc) is 2.65. The van der Waals surface area contributed by atoms with Gasteiger partial charge in [0.15, 0.2) is 8.32 Å². The Bertz CT molecular complexity index is 833. The Hall–Kier alpha value is -0.753. The first kappa shape index (κ1) is 25.5. The number of rotatable bonds is 9. The Morgan fingerprint density at radius 1 is 1.00 bits per heavy atom. The minimum atomic E-state index is -2.35. The van der Waals surface area contributed by atoms with E-state index in [2.05, 4.69) is 49.8 Å². The van der Waals surface area contributed by atoms with Gasteiger partial charge in [-0.05, 0) is 63.2 Å². The van der Waals surface area contributed by atoms with Crippen LogP contribution >= 0.6 is 15.9 Å². The summed E-state index contributed by atoms with van der Waals surface area (Å²) in [6, 6.07) is 13.9. The molecule has 2 rings (SSSR count). The zero-order chi connectivity index (χ0) is 22.8. The van der Waals surface area contributed by atoms with Crippen molar-refractivity contribution in [2.24, 2.45) is 0 Å². The van der Waals surface area contributed by atoms with Crippen LogP contribution in [0.3, 0.4) is 0 Å². The smallest absolute Gasteiger partial charge is 0.222 e. The third-order valence-corrected chi connectivity index (χ3v) is 12.2. The van der Waals surface area contributed by atoms with Gasteiger partial charge in [-0.3, -0.25) is 0 Å². The van der Waals surface area contributed by atoms with Gasteiger partial charge in [0.25, 0.3) is 0 Å². The highest BCUT2D eigenvalue weighted by Crippen LogP contribution is 2.53. The lowest BCUT2D eigenvalue weighted by Crippen LogP contribution is -2.54. The van der Waals surface area contributed by atoms with Gasteiger partial charge in [0.1, 0.15) is 11.7 Å². The van der Waals surface area contributed by atoms with Crippen molar-refractivity contribution in [2.75, 3.05) is 0 Å². The molecule has 0 spiro atoms. The Labute approximate surface area is 191 Å². The molecule has 2 atom stereocenters. The number of hydrogen-bond acceptors (Lipinski definition) is 2. The van der Waals surface area contributed by atoms with Gasteiger partial charge in [-0.25, -0.2) is 4.39 Å². The molecule has 2 nitrogen and oxygen atoms in total. The van der Waals surface area contributed by atoms with Crippen LogP contribution in [0, 0.1) is 0 Å². The molecule has 2 aromatic carbocycles. The van der Waals surface area contributed by atoms with Gasteiger partial charge >= 0.3 is 0 Å². The zero-order valence-corrected chi connectivity index (χ0v) is 22.1. The molecule has 2 aromatic rings. The maximum absolute atomic E-state index is 16.9. The number of alkyl halides is 2. The van der Waals surface area contributed by atoms with Crippen LogP contribution in [0.15, 0.2) is 42.5 Å². The van der Waals surface area contributed by atoms with Crippen LogP contribution < -0.4 is 0 Å². The van der Waals surface area contributed by atoms with E-state index in [-0.39, 0.29) is 5.04 Å². The summed E-state index contributed by atoms with van der Waals surface area (Å²) >= 11 is 3.40. The average molecular weight is 498 g/mol. The molecule has 0 fully saturated rings. The number of aliphatic hydroxyl groups is 1. The first-order valence-electron chi connectivity index (χ1n) is 11.1. The second-order valence-corrected chi connectivity index (χ2v) is 15.9. The molecular formula is C25H38BrFO2Si. The van der Waals surface area contributed by atoms with E-state index in [1.807, 2.05) is 56.3 Å². The molecule has 0 radical (unpaired) electrons. The van der Waals surface area contributed by atoms with E-state index in [0.717, 1.165) is 16.3 Å². The summed E-state index contributed by atoms with van der Waals surface area (Å²) in [7, 11) is -2.35. The summed E-state index contributed by atoms with van der Waals surface area (Å²) in [5, 5.41) is 13.5. The normalized spacial score (nSPS) is 16.5. The highest BCUT2D eigenvalue weighted by atomic mass is 79.9. The number of benzene rings is 2. The van der Waals surface area contributed by atoms with Crippen LogP contribution in [0.5, 0.6) is 0 Å². The van der Waals surface area contributed by atoms with Gasteiger partial charge in [-0.1, -0.05) is 89.9 Å². The van der Waals surface area contributed by atoms with Gasteiger partial charge in [0, 0.05) is 0 Å². The van der Waals surface area contributed by atoms with Crippen LogP contribution in [0.25, 0.3) is 10.8 Å². The standard InChI is InChI=1S/C25H38BrFO2Si/c1-8-17-24(28,18-9-2)25(26,27)22(29-30(6,7)23(3,4)5)21-16-12-14-19-13-10-11-15-20(19)21/h10-16,22,28H,8-9,17-18H2,1-7H3. The molecule has 1 N–H and O–H groups in total. The Morgan fingerprint density at radius 3 is 2.07 bits per heavy atom. The topological polar surface area (TPSA) is 29.5 Å². The first-order valence-corrected chi connectivity index (χ1v) is 14.8. The molecule has 0 aromatic heterocycles. The third-order valence-electron chi connectivity index (χ3n) is 6.60. The van der Waals surface area contributed by atoms with E-state index in [1.54, 1.807) is 0 Å². The van der Waals surface area contributed by atoms with Gasteiger partial charge in [0.05, 0.1) is 0 Å². The lowest BCUT2D eigenvalue weighted by atomic mass is 9.82. The van der Waals surface area contributed by atoms with Crippen molar-refractivity contribution in [3.63, 3.8) is 0 Å². The number of fused-ring (bicyclic) bond motifs is 1. The van der Waals surface area contributed by atoms with Gasteiger partial charge in [-0.15, -0.1) is 0 Å². The van der Waals surface area contributed by atoms with Crippen LogP contribution in [-0.4, -0.2) is 23.6 Å². The molecule has 0 saturated heterocycles. The molecule has 0 saturated carbocycles. The highest BCUT2D eigenvalue weighted by molar-refractivity contribution is 9.10. The molecule has 168 valence electrons. The molecule has 0 bridgehead atoms. The van der Waals surface area contributed by atoms with E-state index in [4.69, 9.17) is 4.43 Å². The summed E-state index contributed by atoms with van der Waals surface area (Å²) < 4.78 is 21.5. The lowest BCUT2D eigenvalue weighted by Gasteiger charge is -2.47. The van der Waals surface area contributed by atoms with E-state index < -0.39 is 24.6 Å². The van der Waals surface area contributed by atoms with E-state index in [0.29, 0.717) is 25.7 Å². The SMILES string of the molecule is CCCC(O)(CCC)C(F)(Br)C(O[Si](C)(C)C(C)(C)C)c1cccc2ccccc12. The minimum Gasteiger partial charge on any atom is -0.406 e. The molecular weight excluding hydrogens is 459 g/mol. The maximum Gasteiger partial charge on any atom is 0.222 e. The zero-order valence-electron chi connectivity index (χ0n) is 19.6. The van der Waals surface area contributed by atoms with Crippen LogP contribution in [0.2, 0.25) is 18.1 Å². The quantitative estimate of drug-likeness (QED) is 0.279. The van der Waals surface area contributed by atoms with Gasteiger partial charge < -0.3 is 9.53 Å². The second-order valence-electron chi connectivity index (χ2n) is 9.98. The fraction of sp³-hybridized carbons (Fsp3) is 0.600. The highest BCUT2D eigenvalue weighted by Gasteiger charge is 2.57. The summed E-state index contributed by atoms with van der Waals surface area (Å²) in [4.78, 5) is 0. The van der Waals surface area contributed by atoms with Crippen molar-refractivity contribution in [2.45, 2.75) is 94.7 Å². The molecule has 0 heterocycles. The van der Waals surface area contributed by atoms with Crippen molar-refractivity contribution in [1.82, 2.24) is 0 Å². The Morgan fingerprint density at radius 2 is 1.53 bits per heavy atom. The monoisotopic (exact) mass is 496 g/mol. The van der Waals surface area contributed by atoms with Crippen molar-refractivity contribution < 1.29 is 13.9 Å². The van der Waals surface area contributed by atoms with Crippen molar-refractivity contribution >= 4 is 35.0 Å². The second kappa shape index (κ2) is 9.39. The largest absolute Gasteiger partial charge is 0.406 e. The Balaban J connectivity index is 2.73. The Kier molecular flexibility index (Phi) is 7.99. The van der Waals surface area contributed by atoms with Gasteiger partial charge in [-0.2, -0.15) is 0 Å². The summed E-state index contributed by atoms with van der Waals surface area (Å²) in [5.74, 6) is 0. The van der Waals surface area contributed by atoms with Gasteiger partial charge in [0.2, 0.25) is 4.58 Å². The van der Waals surface area contributed by atoms with Crippen LogP contribution in [-0.2, 0) is 4.43 Å². The predicted octanol–water partition coefficient (Wildman–Crippen LogP) is 8.29. The molecule has 5 heteroatoms. The lowest BCUT2D eigenvalue weighted by molar-refractivity contribution is -0.110. The maximum atomic E-state index is 16.9. The summed E-state index contributed by atoms with van der Waals surface area (Å²) in [5.41, 5.74) is -0.747. The van der Waals surface area contributed by atoms with E-state index >= 15 is 4.39 Å². The van der Waals surface area contributed by atoms with Crippen molar-refractivity contribution in [1.29, 1.82) is 0 Å². The predicted molar refractivity (Wildman–Crippen MR) is 133 cm³/mol. The molecule has 30 heavy (non-hydrogen) atoms. The fourth-order valence-electron chi connectivity index (χ4n) is 3.81. The summed E-state index contributed by atoms with van der Waals surface area (Å²) in [6.07, 6.45) is 1.19. The molecule has 0 aliphatic carbocycles. The molecule has 0 aliphatic rings.